The zero-order chi connectivity index (χ0) is 23.9. The molecule has 1 atom stereocenters. The molecule has 3 aromatic carbocycles. The van der Waals surface area contributed by atoms with Gasteiger partial charge >= 0.3 is 0 Å². The lowest BCUT2D eigenvalue weighted by molar-refractivity contribution is -0.115. The van der Waals surface area contributed by atoms with E-state index < -0.39 is 10.0 Å². The first-order chi connectivity index (χ1) is 15.6. The van der Waals surface area contributed by atoms with E-state index in [-0.39, 0.29) is 11.3 Å². The highest BCUT2D eigenvalue weighted by Gasteiger charge is 2.34. The number of carbonyl (C=O) groups excluding carboxylic acids is 1. The molecular formula is C26H28N2O3S2. The molecule has 33 heavy (non-hydrogen) atoms. The van der Waals surface area contributed by atoms with E-state index in [0.29, 0.717) is 16.3 Å². The molecule has 3 aromatic rings. The molecule has 0 saturated carbocycles. The zero-order valence-electron chi connectivity index (χ0n) is 19.5. The maximum atomic E-state index is 13.1. The maximum Gasteiger partial charge on any atom is 0.262 e. The molecule has 1 heterocycles. The van der Waals surface area contributed by atoms with Crippen molar-refractivity contribution in [2.75, 3.05) is 15.4 Å². The van der Waals surface area contributed by atoms with Gasteiger partial charge in [0.2, 0.25) is 5.91 Å². The number of thioether (sulfide) groups is 1. The number of hydrogen-bond acceptors (Lipinski definition) is 4. The van der Waals surface area contributed by atoms with Crippen molar-refractivity contribution in [1.82, 2.24) is 0 Å². The molecule has 1 amide bonds. The van der Waals surface area contributed by atoms with E-state index in [2.05, 4.69) is 11.6 Å². The minimum Gasteiger partial charge on any atom is -0.295 e. The van der Waals surface area contributed by atoms with Crippen molar-refractivity contribution in [1.29, 1.82) is 0 Å². The van der Waals surface area contributed by atoms with Crippen LogP contribution in [-0.2, 0) is 14.8 Å². The van der Waals surface area contributed by atoms with E-state index in [9.17, 15) is 13.2 Å². The van der Waals surface area contributed by atoms with Crippen molar-refractivity contribution in [3.05, 3.63) is 88.0 Å². The average molecular weight is 481 g/mol. The first-order valence-electron chi connectivity index (χ1n) is 10.8. The Hall–Kier alpha value is -2.77. The van der Waals surface area contributed by atoms with Crippen molar-refractivity contribution >= 4 is 39.1 Å². The third-order valence-electron chi connectivity index (χ3n) is 5.96. The van der Waals surface area contributed by atoms with Gasteiger partial charge in [-0.2, -0.15) is 0 Å². The van der Waals surface area contributed by atoms with Crippen LogP contribution >= 0.6 is 11.8 Å². The van der Waals surface area contributed by atoms with Crippen LogP contribution in [0.5, 0.6) is 0 Å². The summed E-state index contributed by atoms with van der Waals surface area (Å²) in [5.74, 6) is 0.487. The van der Waals surface area contributed by atoms with Crippen molar-refractivity contribution < 1.29 is 13.2 Å². The van der Waals surface area contributed by atoms with Gasteiger partial charge in [-0.1, -0.05) is 35.9 Å². The predicted molar refractivity (Wildman–Crippen MR) is 137 cm³/mol. The van der Waals surface area contributed by atoms with Crippen LogP contribution in [0.15, 0.2) is 59.5 Å². The van der Waals surface area contributed by atoms with E-state index in [1.54, 1.807) is 23.9 Å². The summed E-state index contributed by atoms with van der Waals surface area (Å²) < 4.78 is 28.8. The minimum atomic E-state index is -3.71. The lowest BCUT2D eigenvalue weighted by Gasteiger charge is -2.25. The lowest BCUT2D eigenvalue weighted by Crippen LogP contribution is -2.27. The Morgan fingerprint density at radius 1 is 0.848 bits per heavy atom. The van der Waals surface area contributed by atoms with Crippen LogP contribution in [0.2, 0.25) is 0 Å². The number of carbonyl (C=O) groups is 1. The topological polar surface area (TPSA) is 66.5 Å². The monoisotopic (exact) mass is 480 g/mol. The van der Waals surface area contributed by atoms with Crippen LogP contribution in [0.4, 0.5) is 11.4 Å². The van der Waals surface area contributed by atoms with Crippen molar-refractivity contribution in [2.45, 2.75) is 44.9 Å². The van der Waals surface area contributed by atoms with Gasteiger partial charge in [-0.05, 0) is 86.7 Å². The summed E-state index contributed by atoms with van der Waals surface area (Å²) in [6.07, 6.45) is 0. The smallest absolute Gasteiger partial charge is 0.262 e. The van der Waals surface area contributed by atoms with Crippen LogP contribution in [0, 0.1) is 34.6 Å². The maximum absolute atomic E-state index is 13.1. The Morgan fingerprint density at radius 3 is 2.09 bits per heavy atom. The Balaban J connectivity index is 1.59. The summed E-state index contributed by atoms with van der Waals surface area (Å²) in [6.45, 7) is 9.67. The van der Waals surface area contributed by atoms with Gasteiger partial charge in [0.15, 0.2) is 0 Å². The second-order valence-corrected chi connectivity index (χ2v) is 11.3. The van der Waals surface area contributed by atoms with E-state index >= 15 is 0 Å². The number of nitrogens with one attached hydrogen (secondary N) is 1. The summed E-state index contributed by atoms with van der Waals surface area (Å²) in [4.78, 5) is 14.8. The van der Waals surface area contributed by atoms with Crippen molar-refractivity contribution in [3.8, 4) is 0 Å². The van der Waals surface area contributed by atoms with Crippen LogP contribution in [0.25, 0.3) is 0 Å². The molecule has 4 rings (SSSR count). The van der Waals surface area contributed by atoms with Gasteiger partial charge in [-0.15, -0.1) is 11.8 Å². The number of anilines is 2. The fourth-order valence-electron chi connectivity index (χ4n) is 4.34. The summed E-state index contributed by atoms with van der Waals surface area (Å²) in [6, 6.07) is 17.1. The lowest BCUT2D eigenvalue weighted by atomic mass is 10.1. The Bertz CT molecular complexity index is 1310. The fraction of sp³-hybridized carbons (Fsp3) is 0.269. The second kappa shape index (κ2) is 8.88. The highest BCUT2D eigenvalue weighted by molar-refractivity contribution is 8.00. The fourth-order valence-corrected chi connectivity index (χ4v) is 7.03. The number of sulfonamides is 1. The van der Waals surface area contributed by atoms with Crippen molar-refractivity contribution in [2.24, 2.45) is 0 Å². The molecule has 1 fully saturated rings. The van der Waals surface area contributed by atoms with Gasteiger partial charge in [-0.25, -0.2) is 8.42 Å². The minimum absolute atomic E-state index is 0.0725. The van der Waals surface area contributed by atoms with Gasteiger partial charge in [0.25, 0.3) is 10.0 Å². The van der Waals surface area contributed by atoms with E-state index in [1.807, 2.05) is 75.1 Å². The zero-order valence-corrected chi connectivity index (χ0v) is 21.1. The molecule has 1 aliphatic heterocycles. The molecule has 7 heteroatoms. The van der Waals surface area contributed by atoms with Crippen LogP contribution in [-0.4, -0.2) is 20.1 Å². The molecule has 1 saturated heterocycles. The molecule has 0 bridgehead atoms. The Labute approximate surface area is 200 Å². The summed E-state index contributed by atoms with van der Waals surface area (Å²) >= 11 is 1.58. The van der Waals surface area contributed by atoms with E-state index in [0.717, 1.165) is 33.5 Å². The van der Waals surface area contributed by atoms with Gasteiger partial charge in [0, 0.05) is 11.4 Å². The number of aryl methyl sites for hydroxylation is 5. The largest absolute Gasteiger partial charge is 0.295 e. The SMILES string of the molecule is Cc1cc(C)c(S(=O)(=O)Nc2ccc(C3SCC(=O)N3c3ccc(C)c(C)c3)cc2)c(C)c1. The highest BCUT2D eigenvalue weighted by atomic mass is 32.2. The third kappa shape index (κ3) is 4.66. The molecule has 1 aliphatic rings. The Morgan fingerprint density at radius 2 is 1.48 bits per heavy atom. The molecule has 0 aromatic heterocycles. The average Bonchev–Trinajstić information content (AvgIpc) is 3.10. The first kappa shape index (κ1) is 23.4. The molecule has 172 valence electrons. The number of benzene rings is 3. The van der Waals surface area contributed by atoms with Crippen LogP contribution in [0.1, 0.15) is 38.8 Å². The molecule has 0 aliphatic carbocycles. The third-order valence-corrected chi connectivity index (χ3v) is 8.86. The summed E-state index contributed by atoms with van der Waals surface area (Å²) in [5.41, 5.74) is 7.13. The number of nitrogens with zero attached hydrogens (tertiary/aromatic N) is 1. The predicted octanol–water partition coefficient (Wildman–Crippen LogP) is 5.81. The van der Waals surface area contributed by atoms with Gasteiger partial charge < -0.3 is 0 Å². The number of rotatable bonds is 5. The number of amides is 1. The number of hydrogen-bond donors (Lipinski definition) is 1. The summed E-state index contributed by atoms with van der Waals surface area (Å²) in [5, 5.41) is -0.146. The highest BCUT2D eigenvalue weighted by Crippen LogP contribution is 2.42. The molecule has 5 nitrogen and oxygen atoms in total. The van der Waals surface area contributed by atoms with E-state index in [1.165, 1.54) is 5.56 Å². The Kier molecular flexibility index (Phi) is 6.29. The standard InChI is InChI=1S/C26H28N2O3S2/c1-16-12-19(4)25(20(5)13-16)33(30,31)27-22-9-7-21(8-10-22)26-28(24(29)15-32-26)23-11-6-17(2)18(3)14-23/h6-14,26-27H,15H2,1-5H3. The second-order valence-electron chi connectivity index (χ2n) is 8.65. The van der Waals surface area contributed by atoms with Crippen LogP contribution < -0.4 is 9.62 Å². The first-order valence-corrected chi connectivity index (χ1v) is 13.3. The molecule has 0 radical (unpaired) electrons. The van der Waals surface area contributed by atoms with Gasteiger partial charge in [0.05, 0.1) is 10.6 Å². The summed E-state index contributed by atoms with van der Waals surface area (Å²) in [7, 11) is -3.71. The quantitative estimate of drug-likeness (QED) is 0.501. The van der Waals surface area contributed by atoms with Crippen molar-refractivity contribution in [3.63, 3.8) is 0 Å². The van der Waals surface area contributed by atoms with Gasteiger partial charge in [0.1, 0.15) is 5.37 Å². The normalized spacial score (nSPS) is 16.3. The molecule has 1 unspecified atom stereocenters. The van der Waals surface area contributed by atoms with Gasteiger partial charge in [-0.3, -0.25) is 14.4 Å². The van der Waals surface area contributed by atoms with E-state index in [4.69, 9.17) is 0 Å². The molecule has 0 spiro atoms. The van der Waals surface area contributed by atoms with Crippen LogP contribution in [0.3, 0.4) is 0 Å². The molecular weight excluding hydrogens is 452 g/mol. The molecule has 1 N–H and O–H groups in total.